The van der Waals surface area contributed by atoms with Crippen LogP contribution in [0.5, 0.6) is 0 Å². The molecule has 6 heteroatoms. The average Bonchev–Trinajstić information content (AvgIpc) is 3.11. The average molecular weight is 332 g/mol. The second-order valence-corrected chi connectivity index (χ2v) is 5.87. The molecule has 2 aromatic heterocycles. The second kappa shape index (κ2) is 6.87. The van der Waals surface area contributed by atoms with Crippen molar-refractivity contribution in [2.24, 2.45) is 0 Å². The van der Waals surface area contributed by atoms with E-state index in [9.17, 15) is 4.79 Å². The molecule has 0 aliphatic heterocycles. The number of fused-ring (bicyclic) bond motifs is 1. The van der Waals surface area contributed by atoms with Crippen molar-refractivity contribution in [2.45, 2.75) is 26.3 Å². The zero-order valence-corrected chi connectivity index (χ0v) is 13.6. The topological polar surface area (TPSA) is 60.1 Å². The number of amides is 1. The number of benzene rings is 1. The first-order valence-corrected chi connectivity index (χ1v) is 7.93. The molecule has 0 aliphatic carbocycles. The molecule has 0 saturated heterocycles. The van der Waals surface area contributed by atoms with Gasteiger partial charge in [0.2, 0.25) is 5.91 Å². The van der Waals surface area contributed by atoms with Gasteiger partial charge in [-0.25, -0.2) is 0 Å². The van der Waals surface area contributed by atoms with E-state index in [0.717, 1.165) is 22.4 Å². The first kappa shape index (κ1) is 15.6. The molecule has 1 N–H and O–H groups in total. The molecule has 0 spiro atoms. The number of hydrogen-bond acceptors (Lipinski definition) is 3. The molecule has 3 rings (SSSR count). The quantitative estimate of drug-likeness (QED) is 0.753. The van der Waals surface area contributed by atoms with E-state index in [4.69, 9.17) is 16.0 Å². The highest BCUT2D eigenvalue weighted by Gasteiger charge is 2.07. The Bertz CT molecular complexity index is 822. The summed E-state index contributed by atoms with van der Waals surface area (Å²) in [5.74, 6) is 1.78. The second-order valence-electron chi connectivity index (χ2n) is 5.43. The van der Waals surface area contributed by atoms with Crippen molar-refractivity contribution in [1.29, 1.82) is 0 Å². The zero-order valence-electron chi connectivity index (χ0n) is 12.9. The van der Waals surface area contributed by atoms with Crippen molar-refractivity contribution >= 4 is 28.4 Å². The van der Waals surface area contributed by atoms with Gasteiger partial charge < -0.3 is 9.73 Å². The largest absolute Gasteiger partial charge is 0.466 e. The highest BCUT2D eigenvalue weighted by molar-refractivity contribution is 6.31. The van der Waals surface area contributed by atoms with Crippen LogP contribution in [-0.2, 0) is 17.8 Å². The van der Waals surface area contributed by atoms with Crippen LogP contribution >= 0.6 is 11.6 Å². The summed E-state index contributed by atoms with van der Waals surface area (Å²) in [6.45, 7) is 3.02. The Labute approximate surface area is 139 Å². The molecular formula is C17H18ClN3O2. The van der Waals surface area contributed by atoms with E-state index in [2.05, 4.69) is 10.4 Å². The van der Waals surface area contributed by atoms with Crippen LogP contribution in [0.4, 0.5) is 0 Å². The fourth-order valence-corrected chi connectivity index (χ4v) is 2.66. The predicted molar refractivity (Wildman–Crippen MR) is 89.5 cm³/mol. The van der Waals surface area contributed by atoms with E-state index in [1.54, 1.807) is 6.20 Å². The number of carbonyl (C=O) groups excluding carboxylic acids is 1. The Kier molecular flexibility index (Phi) is 4.67. The zero-order chi connectivity index (χ0) is 16.2. The van der Waals surface area contributed by atoms with Crippen molar-refractivity contribution in [3.63, 3.8) is 0 Å². The first-order valence-electron chi connectivity index (χ1n) is 7.55. The molecule has 1 amide bonds. The van der Waals surface area contributed by atoms with Crippen LogP contribution in [0.25, 0.3) is 10.9 Å². The Morgan fingerprint density at radius 3 is 3.00 bits per heavy atom. The van der Waals surface area contributed by atoms with Crippen LogP contribution < -0.4 is 5.32 Å². The third-order valence-electron chi connectivity index (χ3n) is 3.64. The van der Waals surface area contributed by atoms with E-state index in [-0.39, 0.29) is 5.91 Å². The molecule has 0 unspecified atom stereocenters. The molecule has 2 heterocycles. The number of rotatable bonds is 6. The van der Waals surface area contributed by atoms with Crippen molar-refractivity contribution in [2.75, 3.05) is 6.54 Å². The Morgan fingerprint density at radius 2 is 2.22 bits per heavy atom. The molecule has 3 aromatic rings. The van der Waals surface area contributed by atoms with Crippen LogP contribution in [0.2, 0.25) is 5.02 Å². The molecule has 0 fully saturated rings. The molecule has 0 aliphatic rings. The lowest BCUT2D eigenvalue weighted by Gasteiger charge is -2.05. The highest BCUT2D eigenvalue weighted by Crippen LogP contribution is 2.19. The first-order chi connectivity index (χ1) is 11.1. The Hall–Kier alpha value is -2.27. The lowest BCUT2D eigenvalue weighted by molar-refractivity contribution is -0.121. The number of nitrogens with one attached hydrogen (secondary N) is 1. The summed E-state index contributed by atoms with van der Waals surface area (Å²) < 4.78 is 7.29. The molecule has 0 saturated carbocycles. The van der Waals surface area contributed by atoms with Crippen LogP contribution in [-0.4, -0.2) is 22.2 Å². The number of nitrogens with zero attached hydrogens (tertiary/aromatic N) is 2. The van der Waals surface area contributed by atoms with Crippen LogP contribution in [0.1, 0.15) is 17.9 Å². The van der Waals surface area contributed by atoms with Gasteiger partial charge in [-0.15, -0.1) is 0 Å². The van der Waals surface area contributed by atoms with Crippen molar-refractivity contribution in [3.8, 4) is 0 Å². The summed E-state index contributed by atoms with van der Waals surface area (Å²) in [6.07, 6.45) is 2.84. The number of furan rings is 1. The molecular weight excluding hydrogens is 314 g/mol. The number of hydrogen-bond donors (Lipinski definition) is 1. The molecule has 120 valence electrons. The van der Waals surface area contributed by atoms with E-state index >= 15 is 0 Å². The Morgan fingerprint density at radius 1 is 1.35 bits per heavy atom. The minimum atomic E-state index is 0.00546. The van der Waals surface area contributed by atoms with Gasteiger partial charge in [-0.1, -0.05) is 11.6 Å². The Balaban J connectivity index is 1.48. The van der Waals surface area contributed by atoms with Gasteiger partial charge >= 0.3 is 0 Å². The summed E-state index contributed by atoms with van der Waals surface area (Å²) in [5.41, 5.74) is 0.980. The third kappa shape index (κ3) is 3.93. The smallest absolute Gasteiger partial charge is 0.221 e. The molecule has 0 radical (unpaired) electrons. The summed E-state index contributed by atoms with van der Waals surface area (Å²) in [6, 6.07) is 9.47. The van der Waals surface area contributed by atoms with Gasteiger partial charge in [0.15, 0.2) is 0 Å². The molecule has 0 atom stereocenters. The number of halogens is 1. The SMILES string of the molecule is Cc1ccc(CCNC(=O)CCn2ncc3cc(Cl)ccc32)o1. The molecule has 23 heavy (non-hydrogen) atoms. The molecule has 0 bridgehead atoms. The van der Waals surface area contributed by atoms with E-state index < -0.39 is 0 Å². The van der Waals surface area contributed by atoms with Gasteiger partial charge in [0, 0.05) is 29.8 Å². The minimum Gasteiger partial charge on any atom is -0.466 e. The van der Waals surface area contributed by atoms with E-state index in [1.807, 2.05) is 41.9 Å². The van der Waals surface area contributed by atoms with Gasteiger partial charge in [0.1, 0.15) is 11.5 Å². The summed E-state index contributed by atoms with van der Waals surface area (Å²) >= 11 is 5.96. The monoisotopic (exact) mass is 331 g/mol. The van der Waals surface area contributed by atoms with E-state index in [0.29, 0.717) is 31.0 Å². The highest BCUT2D eigenvalue weighted by atomic mass is 35.5. The fourth-order valence-electron chi connectivity index (χ4n) is 2.48. The third-order valence-corrected chi connectivity index (χ3v) is 3.88. The summed E-state index contributed by atoms with van der Waals surface area (Å²) in [4.78, 5) is 11.9. The van der Waals surface area contributed by atoms with Crippen molar-refractivity contribution in [1.82, 2.24) is 15.1 Å². The normalized spacial score (nSPS) is 11.0. The van der Waals surface area contributed by atoms with E-state index in [1.165, 1.54) is 0 Å². The van der Waals surface area contributed by atoms with Crippen LogP contribution in [0, 0.1) is 6.92 Å². The number of aromatic nitrogens is 2. The lowest BCUT2D eigenvalue weighted by atomic mass is 10.2. The van der Waals surface area contributed by atoms with Crippen molar-refractivity contribution < 1.29 is 9.21 Å². The lowest BCUT2D eigenvalue weighted by Crippen LogP contribution is -2.26. The predicted octanol–water partition coefficient (Wildman–Crippen LogP) is 3.34. The van der Waals surface area contributed by atoms with Gasteiger partial charge in [-0.05, 0) is 37.3 Å². The van der Waals surface area contributed by atoms with Gasteiger partial charge in [-0.3, -0.25) is 9.48 Å². The maximum absolute atomic E-state index is 11.9. The maximum atomic E-state index is 11.9. The van der Waals surface area contributed by atoms with Gasteiger partial charge in [0.05, 0.1) is 18.3 Å². The van der Waals surface area contributed by atoms with Crippen molar-refractivity contribution in [3.05, 3.63) is 53.1 Å². The number of carbonyl (C=O) groups is 1. The summed E-state index contributed by atoms with van der Waals surface area (Å²) in [7, 11) is 0. The fraction of sp³-hybridized carbons (Fsp3) is 0.294. The number of aryl methyl sites for hydroxylation is 2. The van der Waals surface area contributed by atoms with Crippen LogP contribution in [0.15, 0.2) is 40.9 Å². The summed E-state index contributed by atoms with van der Waals surface area (Å²) in [5, 5.41) is 8.86. The molecule has 1 aromatic carbocycles. The van der Waals surface area contributed by atoms with Gasteiger partial charge in [-0.2, -0.15) is 5.10 Å². The molecule has 5 nitrogen and oxygen atoms in total. The minimum absolute atomic E-state index is 0.00546. The van der Waals surface area contributed by atoms with Crippen LogP contribution in [0.3, 0.4) is 0 Å². The maximum Gasteiger partial charge on any atom is 0.221 e. The standard InChI is InChI=1S/C17H18ClN3O2/c1-12-2-4-15(23-12)6-8-19-17(22)7-9-21-16-5-3-14(18)10-13(16)11-20-21/h2-5,10-11H,6-9H2,1H3,(H,19,22). The van der Waals surface area contributed by atoms with Gasteiger partial charge in [0.25, 0.3) is 0 Å².